The van der Waals surface area contributed by atoms with Gasteiger partial charge in [-0.15, -0.1) is 0 Å². The van der Waals surface area contributed by atoms with E-state index in [9.17, 15) is 8.78 Å². The zero-order chi connectivity index (χ0) is 13.1. The van der Waals surface area contributed by atoms with Crippen LogP contribution in [0.1, 0.15) is 36.4 Å². The lowest BCUT2D eigenvalue weighted by atomic mass is 9.97. The minimum atomic E-state index is -0.570. The van der Waals surface area contributed by atoms with Gasteiger partial charge in [0.2, 0.25) is 0 Å². The highest BCUT2D eigenvalue weighted by atomic mass is 19.1. The molecule has 1 aromatic rings. The van der Waals surface area contributed by atoms with Gasteiger partial charge in [-0.2, -0.15) is 0 Å². The predicted octanol–water partition coefficient (Wildman–Crippen LogP) is 2.35. The molecule has 3 N–H and O–H groups in total. The number of benzene rings is 1. The summed E-state index contributed by atoms with van der Waals surface area (Å²) in [6, 6.07) is 2.13. The summed E-state index contributed by atoms with van der Waals surface area (Å²) in [5.41, 5.74) is 2.92. The van der Waals surface area contributed by atoms with E-state index in [1.165, 1.54) is 12.1 Å². The third-order valence-corrected chi connectivity index (χ3v) is 3.39. The molecular weight excluding hydrogens is 238 g/mol. The zero-order valence-electron chi connectivity index (χ0n) is 10.4. The van der Waals surface area contributed by atoms with E-state index < -0.39 is 17.7 Å². The quantitative estimate of drug-likeness (QED) is 0.642. The number of hydrogen-bond donors (Lipinski definition) is 2. The van der Waals surface area contributed by atoms with Crippen molar-refractivity contribution in [1.82, 2.24) is 5.43 Å². The Morgan fingerprint density at radius 2 is 2.28 bits per heavy atom. The summed E-state index contributed by atoms with van der Waals surface area (Å²) in [6.07, 6.45) is 2.40. The molecule has 0 amide bonds. The van der Waals surface area contributed by atoms with Crippen molar-refractivity contribution in [1.29, 1.82) is 0 Å². The summed E-state index contributed by atoms with van der Waals surface area (Å²) < 4.78 is 33.2. The van der Waals surface area contributed by atoms with Gasteiger partial charge in [0, 0.05) is 12.2 Å². The SMILES string of the molecule is Cc1ccc(F)c(C(CC2CCCO2)NN)c1F. The normalized spacial score (nSPS) is 21.2. The highest BCUT2D eigenvalue weighted by Gasteiger charge is 2.26. The minimum absolute atomic E-state index is 0.00741. The van der Waals surface area contributed by atoms with Crippen LogP contribution in [0.15, 0.2) is 12.1 Å². The van der Waals surface area contributed by atoms with Crippen molar-refractivity contribution in [3.63, 3.8) is 0 Å². The first-order chi connectivity index (χ1) is 8.63. The minimum Gasteiger partial charge on any atom is -0.378 e. The first-order valence-corrected chi connectivity index (χ1v) is 6.15. The molecule has 0 radical (unpaired) electrons. The van der Waals surface area contributed by atoms with Crippen LogP contribution in [0.4, 0.5) is 8.78 Å². The first kappa shape index (κ1) is 13.4. The number of hydrazine groups is 1. The zero-order valence-corrected chi connectivity index (χ0v) is 10.4. The maximum absolute atomic E-state index is 14.0. The number of nitrogens with one attached hydrogen (secondary N) is 1. The van der Waals surface area contributed by atoms with Gasteiger partial charge in [0.05, 0.1) is 12.1 Å². The Kier molecular flexibility index (Phi) is 4.27. The monoisotopic (exact) mass is 256 g/mol. The largest absolute Gasteiger partial charge is 0.378 e. The summed E-state index contributed by atoms with van der Waals surface area (Å²) in [7, 11) is 0. The number of nitrogens with two attached hydrogens (primary N) is 1. The Morgan fingerprint density at radius 3 is 2.89 bits per heavy atom. The topological polar surface area (TPSA) is 47.3 Å². The van der Waals surface area contributed by atoms with Crippen molar-refractivity contribution in [3.8, 4) is 0 Å². The molecule has 1 aliphatic heterocycles. The van der Waals surface area contributed by atoms with Crippen LogP contribution in [0.3, 0.4) is 0 Å². The van der Waals surface area contributed by atoms with Gasteiger partial charge >= 0.3 is 0 Å². The summed E-state index contributed by atoms with van der Waals surface area (Å²) in [5.74, 6) is 4.33. The van der Waals surface area contributed by atoms with Crippen molar-refractivity contribution < 1.29 is 13.5 Å². The highest BCUT2D eigenvalue weighted by Crippen LogP contribution is 2.29. The second-order valence-corrected chi connectivity index (χ2v) is 4.68. The number of rotatable bonds is 4. The Bertz CT molecular complexity index is 420. The Morgan fingerprint density at radius 1 is 1.50 bits per heavy atom. The number of halogens is 2. The van der Waals surface area contributed by atoms with Crippen molar-refractivity contribution in [2.24, 2.45) is 5.84 Å². The standard InChI is InChI=1S/C13H18F2N2O/c1-8-4-5-10(14)12(13(8)15)11(17-16)7-9-3-2-6-18-9/h4-5,9,11,17H,2-3,6-7,16H2,1H3. The molecule has 0 spiro atoms. The average Bonchev–Trinajstić information content (AvgIpc) is 2.86. The molecule has 1 heterocycles. The first-order valence-electron chi connectivity index (χ1n) is 6.15. The van der Waals surface area contributed by atoms with Crippen LogP contribution in [0.2, 0.25) is 0 Å². The van der Waals surface area contributed by atoms with Crippen LogP contribution in [0.5, 0.6) is 0 Å². The van der Waals surface area contributed by atoms with Gasteiger partial charge in [-0.1, -0.05) is 6.07 Å². The van der Waals surface area contributed by atoms with Crippen LogP contribution >= 0.6 is 0 Å². The predicted molar refractivity (Wildman–Crippen MR) is 64.8 cm³/mol. The fraction of sp³-hybridized carbons (Fsp3) is 0.538. The van der Waals surface area contributed by atoms with Crippen molar-refractivity contribution in [2.75, 3.05) is 6.61 Å². The average molecular weight is 256 g/mol. The lowest BCUT2D eigenvalue weighted by Gasteiger charge is -2.21. The second-order valence-electron chi connectivity index (χ2n) is 4.68. The van der Waals surface area contributed by atoms with E-state index in [1.54, 1.807) is 6.92 Å². The van der Waals surface area contributed by atoms with Gasteiger partial charge in [0.15, 0.2) is 0 Å². The molecule has 18 heavy (non-hydrogen) atoms. The third kappa shape index (κ3) is 2.68. The summed E-state index contributed by atoms with van der Waals surface area (Å²) in [5, 5.41) is 0. The van der Waals surface area contributed by atoms with Gasteiger partial charge in [-0.3, -0.25) is 11.3 Å². The number of hydrogen-bond acceptors (Lipinski definition) is 3. The van der Waals surface area contributed by atoms with E-state index in [-0.39, 0.29) is 11.7 Å². The van der Waals surface area contributed by atoms with E-state index in [1.807, 2.05) is 0 Å². The van der Waals surface area contributed by atoms with E-state index in [4.69, 9.17) is 10.6 Å². The smallest absolute Gasteiger partial charge is 0.133 e. The van der Waals surface area contributed by atoms with E-state index in [2.05, 4.69) is 5.43 Å². The third-order valence-electron chi connectivity index (χ3n) is 3.39. The lowest BCUT2D eigenvalue weighted by molar-refractivity contribution is 0.0938. The molecule has 0 aliphatic carbocycles. The van der Waals surface area contributed by atoms with Crippen molar-refractivity contribution >= 4 is 0 Å². The van der Waals surface area contributed by atoms with E-state index >= 15 is 0 Å². The van der Waals surface area contributed by atoms with Gasteiger partial charge in [0.1, 0.15) is 11.6 Å². The van der Waals surface area contributed by atoms with Gasteiger partial charge in [-0.25, -0.2) is 8.78 Å². The van der Waals surface area contributed by atoms with E-state index in [0.717, 1.165) is 12.8 Å². The van der Waals surface area contributed by atoms with Gasteiger partial charge in [-0.05, 0) is 37.8 Å². The number of aryl methyl sites for hydroxylation is 1. The molecule has 2 unspecified atom stereocenters. The van der Waals surface area contributed by atoms with Gasteiger partial charge in [0.25, 0.3) is 0 Å². The molecule has 5 heteroatoms. The summed E-state index contributed by atoms with van der Waals surface area (Å²) >= 11 is 0. The molecule has 100 valence electrons. The maximum Gasteiger partial charge on any atom is 0.133 e. The van der Waals surface area contributed by atoms with Crippen LogP contribution in [-0.2, 0) is 4.74 Å². The van der Waals surface area contributed by atoms with Crippen LogP contribution in [-0.4, -0.2) is 12.7 Å². The maximum atomic E-state index is 14.0. The molecule has 2 rings (SSSR count). The van der Waals surface area contributed by atoms with Crippen LogP contribution in [0, 0.1) is 18.6 Å². The molecule has 1 fully saturated rings. The fourth-order valence-corrected chi connectivity index (χ4v) is 2.36. The lowest BCUT2D eigenvalue weighted by Crippen LogP contribution is -2.32. The molecule has 1 aliphatic rings. The Labute approximate surface area is 105 Å². The number of ether oxygens (including phenoxy) is 1. The summed E-state index contributed by atoms with van der Waals surface area (Å²) in [4.78, 5) is 0. The van der Waals surface area contributed by atoms with Crippen LogP contribution < -0.4 is 11.3 Å². The molecule has 1 aromatic carbocycles. The van der Waals surface area contributed by atoms with Gasteiger partial charge < -0.3 is 4.74 Å². The summed E-state index contributed by atoms with van der Waals surface area (Å²) in [6.45, 7) is 2.32. The Hall–Kier alpha value is -1.04. The Balaban J connectivity index is 2.23. The van der Waals surface area contributed by atoms with Crippen molar-refractivity contribution in [3.05, 3.63) is 34.9 Å². The molecule has 0 saturated carbocycles. The molecule has 3 nitrogen and oxygen atoms in total. The molecule has 0 aromatic heterocycles. The van der Waals surface area contributed by atoms with Crippen molar-refractivity contribution in [2.45, 2.75) is 38.3 Å². The highest BCUT2D eigenvalue weighted by molar-refractivity contribution is 5.29. The second kappa shape index (κ2) is 5.73. The molecule has 2 atom stereocenters. The van der Waals surface area contributed by atoms with E-state index in [0.29, 0.717) is 18.6 Å². The molecular formula is C13H18F2N2O. The fourth-order valence-electron chi connectivity index (χ4n) is 2.36. The molecule has 1 saturated heterocycles. The molecule has 0 bridgehead atoms. The van der Waals surface area contributed by atoms with Crippen LogP contribution in [0.25, 0.3) is 0 Å².